The topological polar surface area (TPSA) is 45.9 Å². The monoisotopic (exact) mass is 292 g/mol. The normalized spacial score (nSPS) is 25.3. The van der Waals surface area contributed by atoms with Crippen molar-refractivity contribution in [2.75, 3.05) is 27.2 Å². The number of rotatable bonds is 3. The maximum Gasteiger partial charge on any atom is 0.251 e. The molecule has 1 amide bonds. The van der Waals surface area contributed by atoms with Gasteiger partial charge in [0.2, 0.25) is 0 Å². The first kappa shape index (κ1) is 14.6. The summed E-state index contributed by atoms with van der Waals surface area (Å²) >= 11 is 0. The highest BCUT2D eigenvalue weighted by atomic mass is 16.5. The van der Waals surface area contributed by atoms with Gasteiger partial charge in [-0.1, -0.05) is 0 Å². The maximum atomic E-state index is 12.0. The van der Waals surface area contributed by atoms with Crippen LogP contribution in [0.1, 0.15) is 31.2 Å². The molecule has 2 aliphatic rings. The van der Waals surface area contributed by atoms with Gasteiger partial charge in [0, 0.05) is 39.3 Å². The largest absolute Gasteiger partial charge is 0.472 e. The van der Waals surface area contributed by atoms with Crippen molar-refractivity contribution in [3.63, 3.8) is 0 Å². The predicted molar refractivity (Wildman–Crippen MR) is 78.8 cm³/mol. The lowest BCUT2D eigenvalue weighted by Crippen LogP contribution is -2.45. The van der Waals surface area contributed by atoms with Crippen LogP contribution in [0, 0.1) is 0 Å². The van der Waals surface area contributed by atoms with E-state index in [2.05, 4.69) is 4.90 Å². The van der Waals surface area contributed by atoms with Gasteiger partial charge in [0.25, 0.3) is 5.91 Å². The summed E-state index contributed by atoms with van der Waals surface area (Å²) in [5.74, 6) is 0.104. The number of likely N-dealkylation sites (N-methyl/N-ethyl adjacent to an activating group) is 1. The number of ether oxygens (including phenoxy) is 1. The van der Waals surface area contributed by atoms with Gasteiger partial charge in [-0.2, -0.15) is 0 Å². The fraction of sp³-hybridized carbons (Fsp3) is 0.688. The van der Waals surface area contributed by atoms with Gasteiger partial charge in [0.1, 0.15) is 6.10 Å². The van der Waals surface area contributed by atoms with Crippen LogP contribution in [0.15, 0.2) is 23.0 Å². The molecule has 0 unspecified atom stereocenters. The summed E-state index contributed by atoms with van der Waals surface area (Å²) in [7, 11) is 3.59. The standard InChI is InChI=1S/C16H24N2O3/c1-17(2)15(19)14-3-5-16(21-14)6-8-18(9-7-16)11-13-4-10-20-12-13/h4,10,12,14H,3,5-9,11H2,1-2H3/t14-/m0/s1. The van der Waals surface area contributed by atoms with E-state index in [9.17, 15) is 4.79 Å². The SMILES string of the molecule is CN(C)C(=O)[C@@H]1CCC2(CCN(Cc3ccoc3)CC2)O1. The summed E-state index contributed by atoms with van der Waals surface area (Å²) in [5, 5.41) is 0. The highest BCUT2D eigenvalue weighted by Gasteiger charge is 2.44. The van der Waals surface area contributed by atoms with Crippen molar-refractivity contribution in [3.8, 4) is 0 Å². The van der Waals surface area contributed by atoms with Crippen LogP contribution in [-0.4, -0.2) is 54.6 Å². The quantitative estimate of drug-likeness (QED) is 0.853. The number of piperidine rings is 1. The molecule has 1 aromatic heterocycles. The molecule has 5 nitrogen and oxygen atoms in total. The van der Waals surface area contributed by atoms with Gasteiger partial charge in [-0.15, -0.1) is 0 Å². The molecule has 5 heteroatoms. The lowest BCUT2D eigenvalue weighted by Gasteiger charge is -2.39. The zero-order valence-electron chi connectivity index (χ0n) is 12.9. The van der Waals surface area contributed by atoms with Gasteiger partial charge in [-0.05, 0) is 31.7 Å². The molecule has 2 fully saturated rings. The third-order valence-electron chi connectivity index (χ3n) is 4.72. The van der Waals surface area contributed by atoms with Gasteiger partial charge < -0.3 is 14.1 Å². The summed E-state index contributed by atoms with van der Waals surface area (Å²) in [6.45, 7) is 2.98. The summed E-state index contributed by atoms with van der Waals surface area (Å²) in [6.07, 6.45) is 7.20. The fourth-order valence-electron chi connectivity index (χ4n) is 3.40. The van der Waals surface area contributed by atoms with Gasteiger partial charge in [-0.25, -0.2) is 0 Å². The van der Waals surface area contributed by atoms with E-state index >= 15 is 0 Å². The van der Waals surface area contributed by atoms with Crippen LogP contribution in [-0.2, 0) is 16.1 Å². The molecule has 3 rings (SSSR count). The van der Waals surface area contributed by atoms with E-state index < -0.39 is 0 Å². The first-order valence-electron chi connectivity index (χ1n) is 7.70. The van der Waals surface area contributed by atoms with E-state index in [4.69, 9.17) is 9.15 Å². The maximum absolute atomic E-state index is 12.0. The Morgan fingerprint density at radius 2 is 2.14 bits per heavy atom. The average molecular weight is 292 g/mol. The van der Waals surface area contributed by atoms with Crippen molar-refractivity contribution < 1.29 is 13.9 Å². The van der Waals surface area contributed by atoms with Gasteiger partial charge in [-0.3, -0.25) is 9.69 Å². The number of hydrogen-bond donors (Lipinski definition) is 0. The molecule has 0 aliphatic carbocycles. The second-order valence-electron chi connectivity index (χ2n) is 6.47. The zero-order chi connectivity index (χ0) is 14.9. The van der Waals surface area contributed by atoms with Gasteiger partial charge in [0.05, 0.1) is 18.1 Å². The molecule has 21 heavy (non-hydrogen) atoms. The number of furan rings is 1. The van der Waals surface area contributed by atoms with Gasteiger partial charge >= 0.3 is 0 Å². The second kappa shape index (κ2) is 5.81. The molecule has 1 spiro atoms. The Morgan fingerprint density at radius 3 is 2.76 bits per heavy atom. The number of carbonyl (C=O) groups is 1. The highest BCUT2D eigenvalue weighted by molar-refractivity contribution is 5.80. The van der Waals surface area contributed by atoms with E-state index in [1.54, 1.807) is 25.3 Å². The van der Waals surface area contributed by atoms with Crippen molar-refractivity contribution >= 4 is 5.91 Å². The van der Waals surface area contributed by atoms with Crippen molar-refractivity contribution in [2.45, 2.75) is 43.9 Å². The van der Waals surface area contributed by atoms with Gasteiger partial charge in [0.15, 0.2) is 0 Å². The predicted octanol–water partition coefficient (Wildman–Crippen LogP) is 1.88. The molecule has 3 heterocycles. The molecule has 2 saturated heterocycles. The van der Waals surface area contributed by atoms with E-state index in [1.807, 2.05) is 12.3 Å². The summed E-state index contributed by atoms with van der Waals surface area (Å²) in [4.78, 5) is 16.1. The number of carbonyl (C=O) groups excluding carboxylic acids is 1. The second-order valence-corrected chi connectivity index (χ2v) is 6.47. The third kappa shape index (κ3) is 3.14. The van der Waals surface area contributed by atoms with Crippen molar-refractivity contribution in [2.24, 2.45) is 0 Å². The molecular weight excluding hydrogens is 268 g/mol. The fourth-order valence-corrected chi connectivity index (χ4v) is 3.40. The number of nitrogens with zero attached hydrogens (tertiary/aromatic N) is 2. The van der Waals surface area contributed by atoms with Crippen LogP contribution < -0.4 is 0 Å². The van der Waals surface area contributed by atoms with Crippen LogP contribution in [0.3, 0.4) is 0 Å². The van der Waals surface area contributed by atoms with Crippen LogP contribution in [0.4, 0.5) is 0 Å². The zero-order valence-corrected chi connectivity index (χ0v) is 12.9. The van der Waals surface area contributed by atoms with Crippen LogP contribution in [0.25, 0.3) is 0 Å². The number of hydrogen-bond acceptors (Lipinski definition) is 4. The molecule has 0 aromatic carbocycles. The van der Waals surface area contributed by atoms with Crippen molar-refractivity contribution in [3.05, 3.63) is 24.2 Å². The van der Waals surface area contributed by atoms with E-state index in [0.29, 0.717) is 0 Å². The number of likely N-dealkylation sites (tertiary alicyclic amines) is 1. The lowest BCUT2D eigenvalue weighted by molar-refractivity contribution is -0.148. The molecule has 0 bridgehead atoms. The van der Waals surface area contributed by atoms with Crippen molar-refractivity contribution in [1.29, 1.82) is 0 Å². The minimum atomic E-state index is -0.236. The van der Waals surface area contributed by atoms with Crippen LogP contribution in [0.5, 0.6) is 0 Å². The minimum Gasteiger partial charge on any atom is -0.472 e. The molecule has 116 valence electrons. The number of amides is 1. The van der Waals surface area contributed by atoms with Crippen LogP contribution in [0.2, 0.25) is 0 Å². The van der Waals surface area contributed by atoms with Crippen LogP contribution >= 0.6 is 0 Å². The molecule has 0 radical (unpaired) electrons. The summed E-state index contributed by atoms with van der Waals surface area (Å²) < 4.78 is 11.3. The third-order valence-corrected chi connectivity index (χ3v) is 4.72. The molecular formula is C16H24N2O3. The smallest absolute Gasteiger partial charge is 0.251 e. The lowest BCUT2D eigenvalue weighted by atomic mass is 9.88. The molecule has 2 aliphatic heterocycles. The Kier molecular flexibility index (Phi) is 4.04. The minimum absolute atomic E-state index is 0.0662. The van der Waals surface area contributed by atoms with E-state index in [0.717, 1.165) is 45.3 Å². The highest BCUT2D eigenvalue weighted by Crippen LogP contribution is 2.39. The van der Waals surface area contributed by atoms with Crippen molar-refractivity contribution in [1.82, 2.24) is 9.80 Å². The Labute approximate surface area is 125 Å². The molecule has 0 saturated carbocycles. The summed E-state index contributed by atoms with van der Waals surface area (Å²) in [6, 6.07) is 2.02. The molecule has 0 N–H and O–H groups in total. The Hall–Kier alpha value is -1.33. The first-order valence-corrected chi connectivity index (χ1v) is 7.70. The van der Waals surface area contributed by atoms with E-state index in [-0.39, 0.29) is 17.6 Å². The van der Waals surface area contributed by atoms with E-state index in [1.165, 1.54) is 5.56 Å². The Bertz CT molecular complexity index is 476. The molecule has 1 aromatic rings. The average Bonchev–Trinajstić information content (AvgIpc) is 3.11. The molecule has 1 atom stereocenters. The first-order chi connectivity index (χ1) is 10.1. The summed E-state index contributed by atoms with van der Waals surface area (Å²) in [5.41, 5.74) is 1.16. The Balaban J connectivity index is 1.52. The Morgan fingerprint density at radius 1 is 1.38 bits per heavy atom.